The van der Waals surface area contributed by atoms with Gasteiger partial charge in [0.2, 0.25) is 0 Å². The van der Waals surface area contributed by atoms with E-state index in [0.717, 1.165) is 56.7 Å². The first-order chi connectivity index (χ1) is 14.4. The third-order valence-corrected chi connectivity index (χ3v) is 5.34. The molecule has 4 rings (SSSR count). The maximum Gasteiger partial charge on any atom is 0.338 e. The number of non-ortho nitro benzene ring substituents is 2. The van der Waals surface area contributed by atoms with Crippen molar-refractivity contribution in [1.82, 2.24) is 0 Å². The van der Waals surface area contributed by atoms with E-state index in [2.05, 4.69) is 24.3 Å². The highest BCUT2D eigenvalue weighted by atomic mass is 16.6. The van der Waals surface area contributed by atoms with Gasteiger partial charge in [-0.25, -0.2) is 4.79 Å². The Hall–Kier alpha value is -3.29. The Morgan fingerprint density at radius 3 is 1.90 bits per heavy atom. The third-order valence-electron chi connectivity index (χ3n) is 5.34. The van der Waals surface area contributed by atoms with Crippen LogP contribution in [0.3, 0.4) is 0 Å². The quantitative estimate of drug-likeness (QED) is 0.389. The minimum atomic E-state index is -0.764. The number of fused-ring (bicyclic) bond motifs is 10. The van der Waals surface area contributed by atoms with Gasteiger partial charge in [-0.3, -0.25) is 20.2 Å². The molecular weight excluding hydrogens is 388 g/mol. The van der Waals surface area contributed by atoms with Crippen LogP contribution >= 0.6 is 0 Å². The second-order valence-corrected chi connectivity index (χ2v) is 7.59. The summed E-state index contributed by atoms with van der Waals surface area (Å²) in [4.78, 5) is 33.2. The van der Waals surface area contributed by atoms with E-state index in [1.54, 1.807) is 0 Å². The molecule has 0 saturated carbocycles. The van der Waals surface area contributed by atoms with Crippen LogP contribution in [-0.2, 0) is 17.6 Å². The Morgan fingerprint density at radius 1 is 0.800 bits per heavy atom. The molecule has 1 atom stereocenters. The van der Waals surface area contributed by atoms with Crippen LogP contribution in [0.4, 0.5) is 11.4 Å². The monoisotopic (exact) mass is 412 g/mol. The summed E-state index contributed by atoms with van der Waals surface area (Å²) in [7, 11) is 0. The molecule has 0 aliphatic heterocycles. The van der Waals surface area contributed by atoms with Crippen LogP contribution in [0.15, 0.2) is 42.5 Å². The molecular formula is C22H24N2O6. The standard InChI is InChI=1S/C22H24N2O6/c25-22(18-13-19(23(26)27)15-20(14-18)24(28)29)30-21-7-3-1-2-5-16-9-11-17(12-10-16)6-4-8-21/h9-15,21H,1-8H2. The van der Waals surface area contributed by atoms with Crippen molar-refractivity contribution in [2.45, 2.75) is 57.5 Å². The second-order valence-electron chi connectivity index (χ2n) is 7.59. The number of hydrogen-bond donors (Lipinski definition) is 0. The lowest BCUT2D eigenvalue weighted by Gasteiger charge is -2.18. The largest absolute Gasteiger partial charge is 0.459 e. The number of nitro groups is 2. The van der Waals surface area contributed by atoms with Crippen molar-refractivity contribution in [1.29, 1.82) is 0 Å². The van der Waals surface area contributed by atoms with Gasteiger partial charge in [0, 0.05) is 12.1 Å². The lowest BCUT2D eigenvalue weighted by atomic mass is 10.0. The maximum absolute atomic E-state index is 12.6. The molecule has 2 aliphatic rings. The molecule has 2 bridgehead atoms. The summed E-state index contributed by atoms with van der Waals surface area (Å²) < 4.78 is 5.63. The summed E-state index contributed by atoms with van der Waals surface area (Å²) in [5.74, 6) is -0.764. The predicted molar refractivity (Wildman–Crippen MR) is 111 cm³/mol. The zero-order chi connectivity index (χ0) is 21.5. The molecule has 0 heterocycles. The van der Waals surface area contributed by atoms with Crippen molar-refractivity contribution < 1.29 is 19.4 Å². The molecule has 0 fully saturated rings. The summed E-state index contributed by atoms with van der Waals surface area (Å²) in [5.41, 5.74) is 1.38. The van der Waals surface area contributed by atoms with Crippen LogP contribution in [0.5, 0.6) is 0 Å². The van der Waals surface area contributed by atoms with E-state index >= 15 is 0 Å². The van der Waals surface area contributed by atoms with Gasteiger partial charge in [0.05, 0.1) is 21.5 Å². The predicted octanol–water partition coefficient (Wildman–Crippen LogP) is 5.17. The second kappa shape index (κ2) is 9.96. The fraction of sp³-hybridized carbons (Fsp3) is 0.409. The summed E-state index contributed by atoms with van der Waals surface area (Å²) in [6, 6.07) is 11.5. The van der Waals surface area contributed by atoms with Crippen LogP contribution in [0.2, 0.25) is 0 Å². The van der Waals surface area contributed by atoms with Crippen LogP contribution in [0.25, 0.3) is 0 Å². The number of carbonyl (C=O) groups is 1. The molecule has 2 aliphatic carbocycles. The van der Waals surface area contributed by atoms with Gasteiger partial charge < -0.3 is 4.74 Å². The first kappa shape index (κ1) is 21.4. The van der Waals surface area contributed by atoms with Gasteiger partial charge in [-0.05, 0) is 56.1 Å². The average molecular weight is 412 g/mol. The molecule has 2 aromatic rings. The number of esters is 1. The molecule has 0 aromatic heterocycles. The summed E-state index contributed by atoms with van der Waals surface area (Å²) in [6.07, 6.45) is 6.75. The Morgan fingerprint density at radius 2 is 1.33 bits per heavy atom. The highest BCUT2D eigenvalue weighted by Gasteiger charge is 2.23. The number of hydrogen-bond acceptors (Lipinski definition) is 6. The summed E-state index contributed by atoms with van der Waals surface area (Å²) in [5, 5.41) is 22.1. The van der Waals surface area contributed by atoms with Crippen molar-refractivity contribution in [3.8, 4) is 0 Å². The number of ether oxygens (including phenoxy) is 1. The topological polar surface area (TPSA) is 113 Å². The van der Waals surface area contributed by atoms with Crippen LogP contribution in [0, 0.1) is 20.2 Å². The molecule has 8 heteroatoms. The maximum atomic E-state index is 12.6. The van der Waals surface area contributed by atoms with E-state index in [1.165, 1.54) is 11.1 Å². The number of nitrogens with zero attached hydrogens (tertiary/aromatic N) is 2. The van der Waals surface area contributed by atoms with Gasteiger partial charge >= 0.3 is 5.97 Å². The van der Waals surface area contributed by atoms with Crippen LogP contribution in [-0.4, -0.2) is 21.9 Å². The number of carbonyl (C=O) groups excluding carboxylic acids is 1. The summed E-state index contributed by atoms with van der Waals surface area (Å²) in [6.45, 7) is 0. The molecule has 30 heavy (non-hydrogen) atoms. The first-order valence-electron chi connectivity index (χ1n) is 10.1. The van der Waals surface area contributed by atoms with Crippen molar-refractivity contribution >= 4 is 17.3 Å². The minimum Gasteiger partial charge on any atom is -0.459 e. The van der Waals surface area contributed by atoms with E-state index in [4.69, 9.17) is 4.74 Å². The molecule has 0 radical (unpaired) electrons. The molecule has 2 aromatic carbocycles. The molecule has 0 saturated heterocycles. The fourth-order valence-electron chi connectivity index (χ4n) is 3.69. The number of benzene rings is 2. The molecule has 8 nitrogen and oxygen atoms in total. The van der Waals surface area contributed by atoms with Gasteiger partial charge in [-0.2, -0.15) is 0 Å². The van der Waals surface area contributed by atoms with Crippen molar-refractivity contribution in [2.75, 3.05) is 0 Å². The number of rotatable bonds is 4. The van der Waals surface area contributed by atoms with Crippen molar-refractivity contribution in [2.24, 2.45) is 0 Å². The highest BCUT2D eigenvalue weighted by molar-refractivity contribution is 5.91. The first-order valence-corrected chi connectivity index (χ1v) is 10.1. The molecule has 0 amide bonds. The Bertz CT molecular complexity index is 893. The SMILES string of the molecule is O=C(OC1CCCCCc2ccc(cc2)CCC1)c1cc([N+](=O)[O-])cc([N+](=O)[O-])c1. The lowest BCUT2D eigenvalue weighted by Crippen LogP contribution is -2.19. The van der Waals surface area contributed by atoms with Crippen LogP contribution < -0.4 is 0 Å². The van der Waals surface area contributed by atoms with E-state index in [0.29, 0.717) is 12.8 Å². The molecule has 1 unspecified atom stereocenters. The van der Waals surface area contributed by atoms with Gasteiger partial charge in [0.25, 0.3) is 11.4 Å². The lowest BCUT2D eigenvalue weighted by molar-refractivity contribution is -0.394. The zero-order valence-electron chi connectivity index (χ0n) is 16.6. The number of aryl methyl sites for hydroxylation is 2. The van der Waals surface area contributed by atoms with E-state index in [1.807, 2.05) is 0 Å². The van der Waals surface area contributed by atoms with Crippen molar-refractivity contribution in [3.05, 3.63) is 79.4 Å². The molecule has 158 valence electrons. The highest BCUT2D eigenvalue weighted by Crippen LogP contribution is 2.25. The zero-order valence-corrected chi connectivity index (χ0v) is 16.6. The fourth-order valence-corrected chi connectivity index (χ4v) is 3.69. The Labute approximate surface area is 174 Å². The van der Waals surface area contributed by atoms with E-state index in [9.17, 15) is 25.0 Å². The van der Waals surface area contributed by atoms with Gasteiger partial charge in [0.1, 0.15) is 6.10 Å². The normalized spacial score (nSPS) is 17.3. The average Bonchev–Trinajstić information content (AvgIpc) is 2.76. The number of nitro benzene ring substituents is 2. The molecule has 0 spiro atoms. The Balaban J connectivity index is 1.71. The minimum absolute atomic E-state index is 0.172. The smallest absolute Gasteiger partial charge is 0.338 e. The van der Waals surface area contributed by atoms with E-state index < -0.39 is 27.2 Å². The van der Waals surface area contributed by atoms with Crippen LogP contribution in [0.1, 0.15) is 60.0 Å². The summed E-state index contributed by atoms with van der Waals surface area (Å²) >= 11 is 0. The van der Waals surface area contributed by atoms with Crippen molar-refractivity contribution in [3.63, 3.8) is 0 Å². The Kier molecular flexibility index (Phi) is 7.11. The van der Waals surface area contributed by atoms with Gasteiger partial charge in [-0.15, -0.1) is 0 Å². The third kappa shape index (κ3) is 5.85. The van der Waals surface area contributed by atoms with E-state index in [-0.39, 0.29) is 11.7 Å². The van der Waals surface area contributed by atoms with Gasteiger partial charge in [-0.1, -0.05) is 30.7 Å². The molecule has 0 N–H and O–H groups in total. The van der Waals surface area contributed by atoms with Gasteiger partial charge in [0.15, 0.2) is 0 Å².